The zero-order valence-corrected chi connectivity index (χ0v) is 18.3. The molecule has 1 saturated heterocycles. The van der Waals surface area contributed by atoms with Gasteiger partial charge in [-0.25, -0.2) is 0 Å². The van der Waals surface area contributed by atoms with Crippen LogP contribution in [0.15, 0.2) is 54.2 Å². The summed E-state index contributed by atoms with van der Waals surface area (Å²) in [6.07, 6.45) is 0.582. The molecule has 4 rings (SSSR count). The highest BCUT2D eigenvalue weighted by Crippen LogP contribution is 2.33. The zero-order chi connectivity index (χ0) is 21.3. The average molecular weight is 444 g/mol. The van der Waals surface area contributed by atoms with Gasteiger partial charge in [0.2, 0.25) is 0 Å². The monoisotopic (exact) mass is 443 g/mol. The molecule has 5 nitrogen and oxygen atoms in total. The average Bonchev–Trinajstić information content (AvgIpc) is 2.99. The fourth-order valence-electron chi connectivity index (χ4n) is 3.86. The van der Waals surface area contributed by atoms with Crippen LogP contribution in [0.1, 0.15) is 11.1 Å². The summed E-state index contributed by atoms with van der Waals surface area (Å²) in [4.78, 5) is 32.4. The Labute approximate surface area is 186 Å². The lowest BCUT2D eigenvalue weighted by Gasteiger charge is -2.34. The van der Waals surface area contributed by atoms with Crippen molar-refractivity contribution in [3.8, 4) is 0 Å². The van der Waals surface area contributed by atoms with Gasteiger partial charge >= 0.3 is 0 Å². The number of halogens is 2. The number of amides is 2. The molecule has 0 unspecified atom stereocenters. The Balaban J connectivity index is 1.63. The second kappa shape index (κ2) is 8.80. The van der Waals surface area contributed by atoms with Crippen LogP contribution >= 0.6 is 23.2 Å². The van der Waals surface area contributed by atoms with Crippen molar-refractivity contribution in [2.75, 3.05) is 39.8 Å². The molecule has 30 heavy (non-hydrogen) atoms. The number of piperazine rings is 1. The number of rotatable bonds is 5. The van der Waals surface area contributed by atoms with Gasteiger partial charge in [0.25, 0.3) is 11.8 Å². The normalized spacial score (nSPS) is 18.0. The number of carbonyl (C=O) groups is 2. The predicted molar refractivity (Wildman–Crippen MR) is 119 cm³/mol. The summed E-state index contributed by atoms with van der Waals surface area (Å²) in [6, 6.07) is 14.6. The van der Waals surface area contributed by atoms with Crippen molar-refractivity contribution in [1.82, 2.24) is 14.7 Å². The molecule has 0 spiro atoms. The van der Waals surface area contributed by atoms with Crippen LogP contribution in [0.5, 0.6) is 0 Å². The van der Waals surface area contributed by atoms with Crippen molar-refractivity contribution >= 4 is 40.6 Å². The molecule has 0 atom stereocenters. The summed E-state index contributed by atoms with van der Waals surface area (Å²) in [5, 5.41) is 1.26. The Morgan fingerprint density at radius 1 is 0.800 bits per heavy atom. The molecule has 0 aromatic heterocycles. The largest absolute Gasteiger partial charge is 0.364 e. The van der Waals surface area contributed by atoms with Crippen LogP contribution < -0.4 is 0 Å². The highest BCUT2D eigenvalue weighted by atomic mass is 35.5. The number of hydrogen-bond donors (Lipinski definition) is 0. The summed E-state index contributed by atoms with van der Waals surface area (Å²) in [6.45, 7) is 3.46. The summed E-state index contributed by atoms with van der Waals surface area (Å²) in [7, 11) is 2.06. The quantitative estimate of drug-likeness (QED) is 0.662. The molecule has 0 bridgehead atoms. The Hall–Kier alpha value is -2.34. The lowest BCUT2D eigenvalue weighted by atomic mass is 10.0. The maximum atomic E-state index is 13.4. The highest BCUT2D eigenvalue weighted by molar-refractivity contribution is 6.36. The van der Waals surface area contributed by atoms with Crippen molar-refractivity contribution in [1.29, 1.82) is 0 Å². The van der Waals surface area contributed by atoms with E-state index in [0.717, 1.165) is 24.2 Å². The third-order valence-electron chi connectivity index (χ3n) is 5.63. The van der Waals surface area contributed by atoms with Gasteiger partial charge in [-0.2, -0.15) is 0 Å². The molecular formula is C23H23Cl2N3O2. The molecule has 2 heterocycles. The van der Waals surface area contributed by atoms with Gasteiger partial charge in [-0.15, -0.1) is 0 Å². The van der Waals surface area contributed by atoms with Gasteiger partial charge in [-0.1, -0.05) is 47.5 Å². The van der Waals surface area contributed by atoms with Gasteiger partial charge in [-0.3, -0.25) is 14.5 Å². The first-order valence-electron chi connectivity index (χ1n) is 9.98. The maximum absolute atomic E-state index is 13.4. The standard InChI is InChI=1S/C23H23Cl2N3O2/c1-26-12-14-27(15-13-26)21-20(17-4-8-19(25)9-5-17)22(29)28(23(21)30)11-10-16-2-6-18(24)7-3-16/h2-9H,10-15H2,1H3. The molecule has 1 fully saturated rings. The minimum Gasteiger partial charge on any atom is -0.364 e. The van der Waals surface area contributed by atoms with E-state index in [1.165, 1.54) is 4.90 Å². The van der Waals surface area contributed by atoms with Crippen LogP contribution in [-0.2, 0) is 16.0 Å². The van der Waals surface area contributed by atoms with Crippen molar-refractivity contribution in [2.24, 2.45) is 0 Å². The third-order valence-corrected chi connectivity index (χ3v) is 6.14. The Morgan fingerprint density at radius 3 is 1.97 bits per heavy atom. The van der Waals surface area contributed by atoms with Gasteiger partial charge in [0.1, 0.15) is 5.70 Å². The molecule has 156 valence electrons. The van der Waals surface area contributed by atoms with Crippen LogP contribution in [-0.4, -0.2) is 66.3 Å². The smallest absolute Gasteiger partial charge is 0.277 e. The molecule has 2 amide bonds. The van der Waals surface area contributed by atoms with E-state index in [2.05, 4.69) is 11.9 Å². The fourth-order valence-corrected chi connectivity index (χ4v) is 4.11. The summed E-state index contributed by atoms with van der Waals surface area (Å²) in [5.74, 6) is -0.464. The number of benzene rings is 2. The molecule has 2 aliphatic rings. The summed E-state index contributed by atoms with van der Waals surface area (Å²) < 4.78 is 0. The van der Waals surface area contributed by atoms with Crippen LogP contribution in [0.25, 0.3) is 5.57 Å². The minimum atomic E-state index is -0.245. The topological polar surface area (TPSA) is 43.9 Å². The van der Waals surface area contributed by atoms with Crippen molar-refractivity contribution in [2.45, 2.75) is 6.42 Å². The van der Waals surface area contributed by atoms with E-state index >= 15 is 0 Å². The number of hydrogen-bond acceptors (Lipinski definition) is 4. The van der Waals surface area contributed by atoms with Crippen LogP contribution in [0.3, 0.4) is 0 Å². The zero-order valence-electron chi connectivity index (χ0n) is 16.8. The fraction of sp³-hybridized carbons (Fsp3) is 0.304. The van der Waals surface area contributed by atoms with E-state index in [-0.39, 0.29) is 11.8 Å². The number of likely N-dealkylation sites (N-methyl/N-ethyl adjacent to an activating group) is 1. The minimum absolute atomic E-state index is 0.219. The summed E-state index contributed by atoms with van der Waals surface area (Å²) in [5.41, 5.74) is 2.73. The number of carbonyl (C=O) groups excluding carboxylic acids is 2. The van der Waals surface area contributed by atoms with Gasteiger partial charge < -0.3 is 9.80 Å². The molecule has 2 aliphatic heterocycles. The third kappa shape index (κ3) is 4.24. The predicted octanol–water partition coefficient (Wildman–Crippen LogP) is 3.56. The van der Waals surface area contributed by atoms with Gasteiger partial charge in [0, 0.05) is 42.8 Å². The highest BCUT2D eigenvalue weighted by Gasteiger charge is 2.41. The second-order valence-corrected chi connectivity index (χ2v) is 8.53. The van der Waals surface area contributed by atoms with E-state index in [4.69, 9.17) is 23.2 Å². The molecule has 7 heteroatoms. The van der Waals surface area contributed by atoms with E-state index in [1.807, 2.05) is 41.3 Å². The van der Waals surface area contributed by atoms with Crippen molar-refractivity contribution in [3.63, 3.8) is 0 Å². The molecule has 0 N–H and O–H groups in total. The molecule has 2 aromatic carbocycles. The Kier molecular flexibility index (Phi) is 6.14. The van der Waals surface area contributed by atoms with E-state index < -0.39 is 0 Å². The molecule has 0 saturated carbocycles. The number of imide groups is 1. The van der Waals surface area contributed by atoms with Gasteiger partial charge in [0.15, 0.2) is 0 Å². The second-order valence-electron chi connectivity index (χ2n) is 7.66. The lowest BCUT2D eigenvalue weighted by molar-refractivity contribution is -0.137. The van der Waals surface area contributed by atoms with Crippen molar-refractivity contribution < 1.29 is 9.59 Å². The molecule has 2 aromatic rings. The van der Waals surface area contributed by atoms with E-state index in [0.29, 0.717) is 47.4 Å². The van der Waals surface area contributed by atoms with Crippen LogP contribution in [0, 0.1) is 0 Å². The number of nitrogens with zero attached hydrogens (tertiary/aromatic N) is 3. The SMILES string of the molecule is CN1CCN(C2=C(c3ccc(Cl)cc3)C(=O)N(CCc3ccc(Cl)cc3)C2=O)CC1. The van der Waals surface area contributed by atoms with Gasteiger partial charge in [0.05, 0.1) is 5.57 Å². The van der Waals surface area contributed by atoms with E-state index in [1.54, 1.807) is 12.1 Å². The lowest BCUT2D eigenvalue weighted by Crippen LogP contribution is -2.46. The first-order valence-corrected chi connectivity index (χ1v) is 10.7. The summed E-state index contributed by atoms with van der Waals surface area (Å²) >= 11 is 12.0. The van der Waals surface area contributed by atoms with Crippen LogP contribution in [0.4, 0.5) is 0 Å². The van der Waals surface area contributed by atoms with Gasteiger partial charge in [-0.05, 0) is 48.9 Å². The Bertz CT molecular complexity index is 979. The molecule has 0 aliphatic carbocycles. The molecule has 0 radical (unpaired) electrons. The first-order chi connectivity index (χ1) is 14.4. The first kappa shape index (κ1) is 20.9. The molecular weight excluding hydrogens is 421 g/mol. The van der Waals surface area contributed by atoms with E-state index in [9.17, 15) is 9.59 Å². The van der Waals surface area contributed by atoms with Crippen molar-refractivity contribution in [3.05, 3.63) is 75.4 Å². The maximum Gasteiger partial charge on any atom is 0.277 e. The Morgan fingerprint density at radius 2 is 1.37 bits per heavy atom. The van der Waals surface area contributed by atoms with Crippen LogP contribution in [0.2, 0.25) is 10.0 Å².